The number of ether oxygens (including phenoxy) is 1. The van der Waals surface area contributed by atoms with Gasteiger partial charge in [0.2, 0.25) is 10.0 Å². The van der Waals surface area contributed by atoms with Gasteiger partial charge in [-0.05, 0) is 97.4 Å². The van der Waals surface area contributed by atoms with E-state index >= 15 is 0 Å². The number of carbonyl (C=O) groups is 2. The van der Waals surface area contributed by atoms with Gasteiger partial charge < -0.3 is 9.64 Å². The minimum Gasteiger partial charge on any atom is -0.490 e. The molecule has 2 aromatic carbocycles. The highest BCUT2D eigenvalue weighted by atomic mass is 35.5. The van der Waals surface area contributed by atoms with Crippen molar-refractivity contribution in [1.29, 1.82) is 0 Å². The number of rotatable bonds is 0. The predicted octanol–water partition coefficient (Wildman–Crippen LogP) is 5.31. The van der Waals surface area contributed by atoms with Gasteiger partial charge >= 0.3 is 0 Å². The van der Waals surface area contributed by atoms with Gasteiger partial charge in [0.1, 0.15) is 5.75 Å². The summed E-state index contributed by atoms with van der Waals surface area (Å²) in [4.78, 5) is 28.8. The van der Waals surface area contributed by atoms with E-state index in [0.717, 1.165) is 42.8 Å². The van der Waals surface area contributed by atoms with Crippen molar-refractivity contribution in [3.8, 4) is 5.75 Å². The Hall–Kier alpha value is -2.84. The van der Waals surface area contributed by atoms with Crippen LogP contribution >= 0.6 is 11.6 Å². The Balaban J connectivity index is 1.42. The number of halogens is 1. The van der Waals surface area contributed by atoms with E-state index in [4.69, 9.17) is 16.3 Å². The number of benzene rings is 2. The highest BCUT2D eigenvalue weighted by Crippen LogP contribution is 2.46. The number of ketones is 1. The number of nitrogens with one attached hydrogen (secondary N) is 1. The molecule has 2 aliphatic heterocycles. The van der Waals surface area contributed by atoms with E-state index in [1.54, 1.807) is 24.3 Å². The normalized spacial score (nSPS) is 32.0. The number of nitrogens with zero attached hydrogens (tertiary/aromatic N) is 1. The Morgan fingerprint density at radius 1 is 1.10 bits per heavy atom. The van der Waals surface area contributed by atoms with Gasteiger partial charge in [0.15, 0.2) is 5.78 Å². The maximum absolute atomic E-state index is 13.3. The lowest BCUT2D eigenvalue weighted by Crippen LogP contribution is -2.49. The fourth-order valence-corrected chi connectivity index (χ4v) is 8.67. The minimum atomic E-state index is -3.89. The third-order valence-electron chi connectivity index (χ3n) is 9.73. The molecule has 0 aromatic heterocycles. The Morgan fingerprint density at radius 2 is 1.93 bits per heavy atom. The summed E-state index contributed by atoms with van der Waals surface area (Å²) in [7, 11) is -3.89. The van der Waals surface area contributed by atoms with E-state index in [2.05, 4.69) is 21.8 Å². The van der Waals surface area contributed by atoms with Crippen LogP contribution < -0.4 is 14.4 Å². The number of carbonyl (C=O) groups excluding carboxylic acids is 2. The molecule has 2 aromatic rings. The van der Waals surface area contributed by atoms with E-state index < -0.39 is 15.9 Å². The van der Waals surface area contributed by atoms with Crippen LogP contribution in [-0.2, 0) is 26.7 Å². The van der Waals surface area contributed by atoms with Gasteiger partial charge in [-0.15, -0.1) is 0 Å². The van der Waals surface area contributed by atoms with Gasteiger partial charge in [-0.25, -0.2) is 13.1 Å². The third-order valence-corrected chi connectivity index (χ3v) is 11.4. The fourth-order valence-electron chi connectivity index (χ4n) is 7.00. The molecule has 2 heterocycles. The molecule has 0 unspecified atom stereocenters. The molecule has 1 fully saturated rings. The molecule has 2 aliphatic carbocycles. The Kier molecular flexibility index (Phi) is 7.43. The van der Waals surface area contributed by atoms with E-state index in [9.17, 15) is 18.0 Å². The van der Waals surface area contributed by atoms with Crippen LogP contribution in [0.15, 0.2) is 48.6 Å². The van der Waals surface area contributed by atoms with E-state index in [1.807, 2.05) is 26.0 Å². The van der Waals surface area contributed by atoms with Crippen LogP contribution in [0.2, 0.25) is 5.02 Å². The van der Waals surface area contributed by atoms with Gasteiger partial charge in [-0.3, -0.25) is 9.59 Å². The third kappa shape index (κ3) is 5.53. The van der Waals surface area contributed by atoms with Crippen molar-refractivity contribution in [2.75, 3.05) is 30.3 Å². The molecule has 41 heavy (non-hydrogen) atoms. The lowest BCUT2D eigenvalue weighted by atomic mass is 9.68. The first-order valence-electron chi connectivity index (χ1n) is 14.6. The van der Waals surface area contributed by atoms with Crippen molar-refractivity contribution in [1.82, 2.24) is 4.72 Å². The molecule has 2 bridgehead atoms. The summed E-state index contributed by atoms with van der Waals surface area (Å²) in [5, 5.41) is 0.724. The summed E-state index contributed by atoms with van der Waals surface area (Å²) in [6.07, 6.45) is 8.20. The lowest BCUT2D eigenvalue weighted by molar-refractivity contribution is -0.122. The SMILES string of the molecule is C[C@@H]1CS(=O)(=O)NC(=O)c2ccc3c(c2)N(C[C@@H]2CC[C@H]2C(=O)/C=C\[C@@H]1C)C[C@@]1(CCCc2cc(Cl)ccc21)CO3. The standard InChI is InChI=1S/C32H37ClN2O5S/c1-20-5-11-29(36)26-9-6-24(26)16-35-18-32(13-3-4-22-14-25(33)8-10-27(22)32)19-40-30-12-7-23(15-28(30)35)31(37)34-41(38,39)17-21(20)2/h5,7-8,10-12,14-15,20-21,24,26H,3-4,6,9,13,16-19H2,1-2H3,(H,34,37)/b11-5-/t20-,21+,24-,26+,32-/m0/s1. The molecule has 218 valence electrons. The zero-order valence-electron chi connectivity index (χ0n) is 23.6. The summed E-state index contributed by atoms with van der Waals surface area (Å²) in [5.41, 5.74) is 3.23. The summed E-state index contributed by atoms with van der Waals surface area (Å²) >= 11 is 6.37. The van der Waals surface area contributed by atoms with Crippen molar-refractivity contribution >= 4 is 39.0 Å². The van der Waals surface area contributed by atoms with Gasteiger partial charge in [-0.2, -0.15) is 0 Å². The molecule has 1 saturated carbocycles. The molecular weight excluding hydrogens is 560 g/mol. The van der Waals surface area contributed by atoms with Gasteiger partial charge in [0, 0.05) is 35.0 Å². The molecule has 9 heteroatoms. The second kappa shape index (κ2) is 10.8. The maximum Gasteiger partial charge on any atom is 0.264 e. The molecule has 7 nitrogen and oxygen atoms in total. The molecular formula is C32H37ClN2O5S. The molecule has 0 saturated heterocycles. The van der Waals surface area contributed by atoms with Crippen LogP contribution in [0.5, 0.6) is 5.75 Å². The monoisotopic (exact) mass is 596 g/mol. The molecule has 5 atom stereocenters. The van der Waals surface area contributed by atoms with Crippen molar-refractivity contribution < 1.29 is 22.7 Å². The number of hydrogen-bond donors (Lipinski definition) is 1. The Morgan fingerprint density at radius 3 is 2.71 bits per heavy atom. The van der Waals surface area contributed by atoms with Gasteiger partial charge in [0.05, 0.1) is 18.0 Å². The number of sulfonamides is 1. The molecule has 4 aliphatic rings. The molecule has 1 spiro atoms. The smallest absolute Gasteiger partial charge is 0.264 e. The first-order valence-corrected chi connectivity index (χ1v) is 16.6. The predicted molar refractivity (Wildman–Crippen MR) is 160 cm³/mol. The summed E-state index contributed by atoms with van der Waals surface area (Å²) in [5.74, 6) is -0.385. The van der Waals surface area contributed by atoms with Gasteiger partial charge in [-0.1, -0.05) is 37.6 Å². The van der Waals surface area contributed by atoms with Crippen molar-refractivity contribution in [2.24, 2.45) is 23.7 Å². The van der Waals surface area contributed by atoms with Crippen LogP contribution in [0.3, 0.4) is 0 Å². The molecule has 6 rings (SSSR count). The average molecular weight is 597 g/mol. The molecule has 0 radical (unpaired) electrons. The van der Waals surface area contributed by atoms with E-state index in [0.29, 0.717) is 25.4 Å². The number of anilines is 1. The quantitative estimate of drug-likeness (QED) is 0.443. The second-order valence-electron chi connectivity index (χ2n) is 12.5. The van der Waals surface area contributed by atoms with Crippen LogP contribution in [0.4, 0.5) is 5.69 Å². The van der Waals surface area contributed by atoms with Crippen molar-refractivity contribution in [3.63, 3.8) is 0 Å². The van der Waals surface area contributed by atoms with E-state index in [1.165, 1.54) is 11.1 Å². The Labute approximate surface area is 247 Å². The van der Waals surface area contributed by atoms with Crippen LogP contribution in [-0.4, -0.2) is 45.6 Å². The van der Waals surface area contributed by atoms with Crippen LogP contribution in [0, 0.1) is 23.7 Å². The maximum atomic E-state index is 13.3. The largest absolute Gasteiger partial charge is 0.490 e. The van der Waals surface area contributed by atoms with Gasteiger partial charge in [0.25, 0.3) is 5.91 Å². The van der Waals surface area contributed by atoms with Crippen molar-refractivity contribution in [2.45, 2.75) is 51.4 Å². The molecule has 1 amide bonds. The lowest BCUT2D eigenvalue weighted by Gasteiger charge is -2.44. The number of allylic oxidation sites excluding steroid dienone is 2. The number of fused-ring (bicyclic) bond motifs is 4. The number of aryl methyl sites for hydroxylation is 1. The Bertz CT molecular complexity index is 1520. The number of amides is 1. The highest BCUT2D eigenvalue weighted by molar-refractivity contribution is 7.90. The second-order valence-corrected chi connectivity index (χ2v) is 14.7. The fraction of sp³-hybridized carbons (Fsp3) is 0.500. The number of hydrogen-bond acceptors (Lipinski definition) is 6. The molecule has 1 N–H and O–H groups in total. The zero-order valence-corrected chi connectivity index (χ0v) is 25.1. The van der Waals surface area contributed by atoms with Crippen molar-refractivity contribution in [3.05, 3.63) is 70.3 Å². The highest BCUT2D eigenvalue weighted by Gasteiger charge is 2.44. The first kappa shape index (κ1) is 28.3. The van der Waals surface area contributed by atoms with Crippen LogP contribution in [0.25, 0.3) is 0 Å². The summed E-state index contributed by atoms with van der Waals surface area (Å²) < 4.78 is 34.6. The first-order chi connectivity index (χ1) is 19.5. The topological polar surface area (TPSA) is 92.8 Å². The van der Waals surface area contributed by atoms with E-state index in [-0.39, 0.29) is 46.2 Å². The summed E-state index contributed by atoms with van der Waals surface area (Å²) in [6.45, 7) is 5.53. The average Bonchev–Trinajstić information content (AvgIpc) is 3.05. The minimum absolute atomic E-state index is 0.0714. The zero-order chi connectivity index (χ0) is 28.9. The summed E-state index contributed by atoms with van der Waals surface area (Å²) in [6, 6.07) is 11.3. The van der Waals surface area contributed by atoms with Crippen LogP contribution in [0.1, 0.15) is 61.0 Å².